The van der Waals surface area contributed by atoms with Crippen LogP contribution in [0.5, 0.6) is 0 Å². The topological polar surface area (TPSA) is 33.4 Å². The SMILES string of the molecule is CC1(C)CCCC1(O)c1ccoc1. The standard InChI is InChI=1S/C11H16O2/c1-10(2)5-3-6-11(10,12)9-4-7-13-8-9/h4,7-8,12H,3,5-6H2,1-2H3. The van der Waals surface area contributed by atoms with Gasteiger partial charge in [0.25, 0.3) is 0 Å². The van der Waals surface area contributed by atoms with Gasteiger partial charge in [0.2, 0.25) is 0 Å². The molecule has 1 aromatic rings. The maximum Gasteiger partial charge on any atom is 0.0978 e. The summed E-state index contributed by atoms with van der Waals surface area (Å²) in [5.41, 5.74) is 0.214. The van der Waals surface area contributed by atoms with E-state index in [2.05, 4.69) is 13.8 Å². The molecule has 1 saturated carbocycles. The zero-order chi connectivity index (χ0) is 9.53. The Kier molecular flexibility index (Phi) is 1.77. The molecule has 0 saturated heterocycles. The molecule has 0 bridgehead atoms. The molecular formula is C11H16O2. The van der Waals surface area contributed by atoms with Crippen LogP contribution in [0.4, 0.5) is 0 Å². The molecule has 2 nitrogen and oxygen atoms in total. The van der Waals surface area contributed by atoms with Crippen molar-refractivity contribution < 1.29 is 9.52 Å². The number of aliphatic hydroxyl groups is 1. The molecule has 1 aliphatic rings. The minimum Gasteiger partial charge on any atom is -0.472 e. The molecule has 2 rings (SSSR count). The number of furan rings is 1. The normalized spacial score (nSPS) is 32.2. The van der Waals surface area contributed by atoms with Crippen LogP contribution in [-0.2, 0) is 5.60 Å². The molecule has 1 N–H and O–H groups in total. The molecule has 1 aromatic heterocycles. The third-order valence-corrected chi connectivity index (χ3v) is 3.46. The number of rotatable bonds is 1. The second-order valence-corrected chi connectivity index (χ2v) is 4.61. The van der Waals surface area contributed by atoms with E-state index in [1.54, 1.807) is 12.5 Å². The molecule has 0 spiro atoms. The molecule has 13 heavy (non-hydrogen) atoms. The van der Waals surface area contributed by atoms with Gasteiger partial charge in [0, 0.05) is 5.56 Å². The minimum atomic E-state index is -0.681. The first-order valence-electron chi connectivity index (χ1n) is 4.81. The van der Waals surface area contributed by atoms with Crippen molar-refractivity contribution in [3.8, 4) is 0 Å². The molecule has 1 unspecified atom stereocenters. The Morgan fingerprint density at radius 2 is 2.15 bits per heavy atom. The van der Waals surface area contributed by atoms with Crippen LogP contribution in [0.25, 0.3) is 0 Å². The third-order valence-electron chi connectivity index (χ3n) is 3.46. The third kappa shape index (κ3) is 1.12. The van der Waals surface area contributed by atoms with Gasteiger partial charge in [-0.05, 0) is 30.7 Å². The fraction of sp³-hybridized carbons (Fsp3) is 0.636. The molecular weight excluding hydrogens is 164 g/mol. The molecule has 1 fully saturated rings. The average molecular weight is 180 g/mol. The monoisotopic (exact) mass is 180 g/mol. The molecule has 2 heteroatoms. The van der Waals surface area contributed by atoms with Crippen molar-refractivity contribution >= 4 is 0 Å². The van der Waals surface area contributed by atoms with Crippen LogP contribution in [0.3, 0.4) is 0 Å². The summed E-state index contributed by atoms with van der Waals surface area (Å²) in [7, 11) is 0. The van der Waals surface area contributed by atoms with Gasteiger partial charge in [-0.25, -0.2) is 0 Å². The van der Waals surface area contributed by atoms with Crippen molar-refractivity contribution in [2.45, 2.75) is 38.7 Å². The highest BCUT2D eigenvalue weighted by Gasteiger charge is 2.49. The second kappa shape index (κ2) is 2.61. The first kappa shape index (κ1) is 8.82. The van der Waals surface area contributed by atoms with Crippen molar-refractivity contribution in [3.05, 3.63) is 24.2 Å². The van der Waals surface area contributed by atoms with Gasteiger partial charge < -0.3 is 9.52 Å². The molecule has 1 heterocycles. The number of hydrogen-bond donors (Lipinski definition) is 1. The van der Waals surface area contributed by atoms with Gasteiger partial charge in [-0.1, -0.05) is 13.8 Å². The Morgan fingerprint density at radius 1 is 1.38 bits per heavy atom. The van der Waals surface area contributed by atoms with E-state index in [1.807, 2.05) is 6.07 Å². The summed E-state index contributed by atoms with van der Waals surface area (Å²) in [5.74, 6) is 0. The molecule has 0 radical (unpaired) electrons. The maximum atomic E-state index is 10.5. The average Bonchev–Trinajstić information content (AvgIpc) is 2.61. The highest BCUT2D eigenvalue weighted by Crippen LogP contribution is 2.52. The second-order valence-electron chi connectivity index (χ2n) is 4.61. The van der Waals surface area contributed by atoms with E-state index < -0.39 is 5.60 Å². The van der Waals surface area contributed by atoms with Gasteiger partial charge in [0.1, 0.15) is 0 Å². The van der Waals surface area contributed by atoms with E-state index in [4.69, 9.17) is 4.42 Å². The summed E-state index contributed by atoms with van der Waals surface area (Å²) in [6.45, 7) is 4.24. The van der Waals surface area contributed by atoms with Crippen molar-refractivity contribution in [2.75, 3.05) is 0 Å². The summed E-state index contributed by atoms with van der Waals surface area (Å²) in [4.78, 5) is 0. The molecule has 72 valence electrons. The highest BCUT2D eigenvalue weighted by atomic mass is 16.3. The Hall–Kier alpha value is -0.760. The quantitative estimate of drug-likeness (QED) is 0.720. The van der Waals surface area contributed by atoms with E-state index in [0.29, 0.717) is 0 Å². The molecule has 0 amide bonds. The van der Waals surface area contributed by atoms with Crippen LogP contribution < -0.4 is 0 Å². The van der Waals surface area contributed by atoms with E-state index in [1.165, 1.54) is 0 Å². The zero-order valence-electron chi connectivity index (χ0n) is 8.21. The molecule has 1 atom stereocenters. The van der Waals surface area contributed by atoms with Crippen LogP contribution >= 0.6 is 0 Å². The lowest BCUT2D eigenvalue weighted by Crippen LogP contribution is -2.36. The smallest absolute Gasteiger partial charge is 0.0978 e. The van der Waals surface area contributed by atoms with Crippen LogP contribution in [0, 0.1) is 5.41 Å². The van der Waals surface area contributed by atoms with Gasteiger partial charge in [-0.2, -0.15) is 0 Å². The lowest BCUT2D eigenvalue weighted by atomic mass is 9.74. The molecule has 0 aliphatic heterocycles. The number of hydrogen-bond acceptors (Lipinski definition) is 2. The summed E-state index contributed by atoms with van der Waals surface area (Å²) in [5, 5.41) is 10.5. The summed E-state index contributed by atoms with van der Waals surface area (Å²) in [6, 6.07) is 1.87. The lowest BCUT2D eigenvalue weighted by Gasteiger charge is -2.35. The Bertz CT molecular complexity index is 287. The Labute approximate surface area is 78.6 Å². The van der Waals surface area contributed by atoms with Crippen molar-refractivity contribution in [2.24, 2.45) is 5.41 Å². The summed E-state index contributed by atoms with van der Waals surface area (Å²) >= 11 is 0. The predicted molar refractivity (Wildman–Crippen MR) is 50.2 cm³/mol. The Morgan fingerprint density at radius 3 is 2.62 bits per heavy atom. The van der Waals surface area contributed by atoms with Gasteiger partial charge in [0.05, 0.1) is 18.1 Å². The summed E-state index contributed by atoms with van der Waals surface area (Å²) in [6.07, 6.45) is 6.30. The van der Waals surface area contributed by atoms with Crippen LogP contribution in [0.1, 0.15) is 38.7 Å². The largest absolute Gasteiger partial charge is 0.472 e. The van der Waals surface area contributed by atoms with Crippen molar-refractivity contribution in [1.29, 1.82) is 0 Å². The molecule has 1 aliphatic carbocycles. The van der Waals surface area contributed by atoms with Crippen molar-refractivity contribution in [1.82, 2.24) is 0 Å². The highest BCUT2D eigenvalue weighted by molar-refractivity contribution is 5.21. The fourth-order valence-electron chi connectivity index (χ4n) is 2.37. The zero-order valence-corrected chi connectivity index (χ0v) is 8.21. The van der Waals surface area contributed by atoms with Crippen LogP contribution in [-0.4, -0.2) is 5.11 Å². The maximum absolute atomic E-state index is 10.5. The van der Waals surface area contributed by atoms with E-state index in [-0.39, 0.29) is 5.41 Å². The van der Waals surface area contributed by atoms with Crippen LogP contribution in [0.15, 0.2) is 23.0 Å². The fourth-order valence-corrected chi connectivity index (χ4v) is 2.37. The first-order chi connectivity index (χ1) is 6.06. The minimum absolute atomic E-state index is 0.0309. The molecule has 0 aromatic carbocycles. The Balaban J connectivity index is 2.40. The lowest BCUT2D eigenvalue weighted by molar-refractivity contribution is -0.0489. The van der Waals surface area contributed by atoms with Gasteiger partial charge in [-0.3, -0.25) is 0 Å². The van der Waals surface area contributed by atoms with E-state index >= 15 is 0 Å². The van der Waals surface area contributed by atoms with Gasteiger partial charge in [-0.15, -0.1) is 0 Å². The van der Waals surface area contributed by atoms with Gasteiger partial charge in [0.15, 0.2) is 0 Å². The summed E-state index contributed by atoms with van der Waals surface area (Å²) < 4.78 is 5.03. The van der Waals surface area contributed by atoms with Crippen molar-refractivity contribution in [3.63, 3.8) is 0 Å². The van der Waals surface area contributed by atoms with E-state index in [9.17, 15) is 5.11 Å². The van der Waals surface area contributed by atoms with E-state index in [0.717, 1.165) is 24.8 Å². The predicted octanol–water partition coefficient (Wildman–Crippen LogP) is 2.68. The van der Waals surface area contributed by atoms with Crippen LogP contribution in [0.2, 0.25) is 0 Å². The first-order valence-corrected chi connectivity index (χ1v) is 4.81. The van der Waals surface area contributed by atoms with Gasteiger partial charge >= 0.3 is 0 Å².